The molecule has 2 aromatic carbocycles. The summed E-state index contributed by atoms with van der Waals surface area (Å²) in [6.07, 6.45) is -0.913. The van der Waals surface area contributed by atoms with Gasteiger partial charge in [-0.05, 0) is 41.5 Å². The normalized spacial score (nSPS) is 14.1. The molecule has 2 nitrogen and oxygen atoms in total. The van der Waals surface area contributed by atoms with Gasteiger partial charge in [0, 0.05) is 22.0 Å². The molecule has 0 aliphatic heterocycles. The number of aliphatic hydroxyl groups is 1. The van der Waals surface area contributed by atoms with Crippen LogP contribution in [0, 0.1) is 5.82 Å². The van der Waals surface area contributed by atoms with Gasteiger partial charge in [-0.1, -0.05) is 39.7 Å². The van der Waals surface area contributed by atoms with Gasteiger partial charge in [-0.2, -0.15) is 0 Å². The van der Waals surface area contributed by atoms with Gasteiger partial charge in [-0.25, -0.2) is 4.39 Å². The Morgan fingerprint density at radius 2 is 2.00 bits per heavy atom. The molecule has 0 amide bonds. The summed E-state index contributed by atoms with van der Waals surface area (Å²) in [7, 11) is 0. The summed E-state index contributed by atoms with van der Waals surface area (Å²) < 4.78 is 14.0. The molecular formula is C15H14BrClFNO. The fraction of sp³-hybridized carbons (Fsp3) is 0.200. The molecule has 0 saturated heterocycles. The van der Waals surface area contributed by atoms with Gasteiger partial charge in [0.25, 0.3) is 0 Å². The third-order valence-electron chi connectivity index (χ3n) is 3.19. The van der Waals surface area contributed by atoms with Gasteiger partial charge in [-0.15, -0.1) is 0 Å². The molecule has 2 unspecified atom stereocenters. The van der Waals surface area contributed by atoms with Crippen molar-refractivity contribution in [2.24, 2.45) is 5.73 Å². The maximum atomic E-state index is 13.4. The van der Waals surface area contributed by atoms with E-state index in [4.69, 9.17) is 17.3 Å². The second-order valence-electron chi connectivity index (χ2n) is 4.51. The fourth-order valence-corrected chi connectivity index (χ4v) is 2.82. The van der Waals surface area contributed by atoms with Gasteiger partial charge in [-0.3, -0.25) is 0 Å². The molecule has 0 saturated carbocycles. The number of benzene rings is 2. The van der Waals surface area contributed by atoms with E-state index in [9.17, 15) is 9.50 Å². The van der Waals surface area contributed by atoms with Crippen molar-refractivity contribution in [3.63, 3.8) is 0 Å². The molecule has 0 spiro atoms. The second-order valence-corrected chi connectivity index (χ2v) is 5.80. The first-order valence-corrected chi connectivity index (χ1v) is 7.28. The number of aliphatic hydroxyl groups excluding tert-OH is 1. The molecule has 0 fully saturated rings. The van der Waals surface area contributed by atoms with Crippen molar-refractivity contribution in [2.75, 3.05) is 6.54 Å². The highest BCUT2D eigenvalue weighted by molar-refractivity contribution is 9.10. The van der Waals surface area contributed by atoms with Crippen LogP contribution in [0.3, 0.4) is 0 Å². The van der Waals surface area contributed by atoms with E-state index in [1.54, 1.807) is 24.3 Å². The van der Waals surface area contributed by atoms with E-state index >= 15 is 0 Å². The minimum Gasteiger partial charge on any atom is -0.388 e. The topological polar surface area (TPSA) is 46.2 Å². The van der Waals surface area contributed by atoms with Crippen LogP contribution in [0.2, 0.25) is 5.02 Å². The lowest BCUT2D eigenvalue weighted by Gasteiger charge is -2.23. The van der Waals surface area contributed by atoms with Gasteiger partial charge in [0.15, 0.2) is 0 Å². The Balaban J connectivity index is 2.38. The number of hydrogen-bond donors (Lipinski definition) is 2. The average Bonchev–Trinajstić information content (AvgIpc) is 2.42. The van der Waals surface area contributed by atoms with E-state index in [0.29, 0.717) is 15.1 Å². The predicted octanol–water partition coefficient (Wildman–Crippen LogP) is 4.02. The molecule has 5 heteroatoms. The summed E-state index contributed by atoms with van der Waals surface area (Å²) >= 11 is 9.28. The SMILES string of the molecule is NCC(c1cccc(Cl)c1)C(O)c1cc(F)ccc1Br. The summed E-state index contributed by atoms with van der Waals surface area (Å²) in [6, 6.07) is 11.4. The average molecular weight is 359 g/mol. The van der Waals surface area contributed by atoms with Crippen LogP contribution in [0.25, 0.3) is 0 Å². The molecule has 0 bridgehead atoms. The molecule has 0 heterocycles. The smallest absolute Gasteiger partial charge is 0.123 e. The fourth-order valence-electron chi connectivity index (χ4n) is 2.14. The van der Waals surface area contributed by atoms with Crippen LogP contribution in [-0.4, -0.2) is 11.7 Å². The van der Waals surface area contributed by atoms with E-state index in [1.807, 2.05) is 6.07 Å². The zero-order valence-corrected chi connectivity index (χ0v) is 12.9. The maximum Gasteiger partial charge on any atom is 0.123 e. The van der Waals surface area contributed by atoms with E-state index in [0.717, 1.165) is 5.56 Å². The van der Waals surface area contributed by atoms with Gasteiger partial charge >= 0.3 is 0 Å². The van der Waals surface area contributed by atoms with E-state index in [-0.39, 0.29) is 12.5 Å². The maximum absolute atomic E-state index is 13.4. The molecule has 0 radical (unpaired) electrons. The van der Waals surface area contributed by atoms with Crippen molar-refractivity contribution in [1.82, 2.24) is 0 Å². The van der Waals surface area contributed by atoms with Crippen molar-refractivity contribution < 1.29 is 9.50 Å². The third kappa shape index (κ3) is 3.38. The number of nitrogens with two attached hydrogens (primary N) is 1. The van der Waals surface area contributed by atoms with Gasteiger partial charge in [0.2, 0.25) is 0 Å². The second kappa shape index (κ2) is 6.68. The van der Waals surface area contributed by atoms with Crippen molar-refractivity contribution in [3.05, 3.63) is 68.9 Å². The molecule has 20 heavy (non-hydrogen) atoms. The first-order chi connectivity index (χ1) is 9.52. The Labute approximate surface area is 130 Å². The van der Waals surface area contributed by atoms with Crippen LogP contribution in [-0.2, 0) is 0 Å². The quantitative estimate of drug-likeness (QED) is 0.867. The molecule has 0 aromatic heterocycles. The molecule has 2 aromatic rings. The molecule has 2 atom stereocenters. The standard InChI is InChI=1S/C15H14BrClFNO/c16-14-5-4-11(18)7-12(14)15(20)13(8-19)9-2-1-3-10(17)6-9/h1-7,13,15,20H,8,19H2. The van der Waals surface area contributed by atoms with Crippen molar-refractivity contribution in [2.45, 2.75) is 12.0 Å². The molecule has 0 aliphatic carbocycles. The van der Waals surface area contributed by atoms with Crippen LogP contribution in [0.5, 0.6) is 0 Å². The lowest BCUT2D eigenvalue weighted by Crippen LogP contribution is -2.20. The highest BCUT2D eigenvalue weighted by Gasteiger charge is 2.24. The predicted molar refractivity (Wildman–Crippen MR) is 82.3 cm³/mol. The number of halogens is 3. The first kappa shape index (κ1) is 15.4. The Kier molecular flexibility index (Phi) is 5.16. The largest absolute Gasteiger partial charge is 0.388 e. The lowest BCUT2D eigenvalue weighted by molar-refractivity contribution is 0.146. The van der Waals surface area contributed by atoms with E-state index < -0.39 is 11.9 Å². The number of rotatable bonds is 4. The van der Waals surface area contributed by atoms with Crippen LogP contribution >= 0.6 is 27.5 Å². The molecular weight excluding hydrogens is 345 g/mol. The lowest BCUT2D eigenvalue weighted by atomic mass is 9.89. The van der Waals surface area contributed by atoms with E-state index in [1.165, 1.54) is 12.1 Å². The molecule has 106 valence electrons. The Morgan fingerprint density at radius 3 is 2.65 bits per heavy atom. The Hall–Kier alpha value is -0.940. The van der Waals surface area contributed by atoms with Crippen LogP contribution in [0.1, 0.15) is 23.1 Å². The molecule has 0 aliphatic rings. The minimum atomic E-state index is -0.913. The van der Waals surface area contributed by atoms with Gasteiger partial charge < -0.3 is 10.8 Å². The summed E-state index contributed by atoms with van der Waals surface area (Å²) in [4.78, 5) is 0. The molecule has 3 N–H and O–H groups in total. The summed E-state index contributed by atoms with van der Waals surface area (Å²) in [5, 5.41) is 11.1. The zero-order chi connectivity index (χ0) is 14.7. The van der Waals surface area contributed by atoms with E-state index in [2.05, 4.69) is 15.9 Å². The van der Waals surface area contributed by atoms with Crippen molar-refractivity contribution in [1.29, 1.82) is 0 Å². The van der Waals surface area contributed by atoms with Gasteiger partial charge in [0.05, 0.1) is 6.10 Å². The summed E-state index contributed by atoms with van der Waals surface area (Å²) in [6.45, 7) is 0.227. The Bertz CT molecular complexity index is 608. The number of hydrogen-bond acceptors (Lipinski definition) is 2. The monoisotopic (exact) mass is 357 g/mol. The third-order valence-corrected chi connectivity index (χ3v) is 4.15. The Morgan fingerprint density at radius 1 is 1.25 bits per heavy atom. The summed E-state index contributed by atoms with van der Waals surface area (Å²) in [5.74, 6) is -0.754. The zero-order valence-electron chi connectivity index (χ0n) is 10.6. The van der Waals surface area contributed by atoms with Crippen LogP contribution in [0.15, 0.2) is 46.9 Å². The molecule has 2 rings (SSSR count). The highest BCUT2D eigenvalue weighted by atomic mass is 79.9. The van der Waals surface area contributed by atoms with Crippen molar-refractivity contribution in [3.8, 4) is 0 Å². The highest BCUT2D eigenvalue weighted by Crippen LogP contribution is 2.35. The van der Waals surface area contributed by atoms with Gasteiger partial charge in [0.1, 0.15) is 5.82 Å². The van der Waals surface area contributed by atoms with Crippen molar-refractivity contribution >= 4 is 27.5 Å². The van der Waals surface area contributed by atoms with Crippen LogP contribution in [0.4, 0.5) is 4.39 Å². The minimum absolute atomic E-state index is 0.227. The summed E-state index contributed by atoms with van der Waals surface area (Å²) in [5.41, 5.74) is 7.06. The van der Waals surface area contributed by atoms with Crippen LogP contribution < -0.4 is 5.73 Å². The first-order valence-electron chi connectivity index (χ1n) is 6.11.